The second-order valence-corrected chi connectivity index (χ2v) is 6.32. The molecule has 0 bridgehead atoms. The molecule has 0 radical (unpaired) electrons. The Kier molecular flexibility index (Phi) is 4.42. The first-order valence-corrected chi connectivity index (χ1v) is 7.31. The first-order chi connectivity index (χ1) is 7.28. The minimum Gasteiger partial charge on any atom is -0.296 e. The van der Waals surface area contributed by atoms with Crippen LogP contribution in [0.25, 0.3) is 0 Å². The van der Waals surface area contributed by atoms with Crippen LogP contribution in [0.2, 0.25) is 0 Å². The Labute approximate surface area is 110 Å². The fraction of sp³-hybridized carbons (Fsp3) is 0.636. The van der Waals surface area contributed by atoms with Gasteiger partial charge in [-0.05, 0) is 23.4 Å². The van der Waals surface area contributed by atoms with Crippen LogP contribution in [0, 0.1) is 0 Å². The first kappa shape index (κ1) is 11.8. The van der Waals surface area contributed by atoms with Crippen LogP contribution < -0.4 is 0 Å². The highest BCUT2D eigenvalue weighted by Crippen LogP contribution is 2.18. The monoisotopic (exact) mass is 336 g/mol. The summed E-state index contributed by atoms with van der Waals surface area (Å²) in [7, 11) is 0. The molecule has 2 rings (SSSR count). The van der Waals surface area contributed by atoms with Crippen molar-refractivity contribution in [2.75, 3.05) is 26.2 Å². The summed E-state index contributed by atoms with van der Waals surface area (Å²) in [6.07, 6.45) is 1.17. The zero-order valence-electron chi connectivity index (χ0n) is 9.08. The molecule has 0 N–H and O–H groups in total. The molecule has 1 aromatic heterocycles. The molecule has 0 spiro atoms. The van der Waals surface area contributed by atoms with E-state index in [2.05, 4.69) is 49.2 Å². The summed E-state index contributed by atoms with van der Waals surface area (Å²) >= 11 is 4.32. The van der Waals surface area contributed by atoms with Crippen LogP contribution >= 0.6 is 34.2 Å². The molecule has 1 aromatic rings. The van der Waals surface area contributed by atoms with Crippen LogP contribution in [0.15, 0.2) is 11.4 Å². The van der Waals surface area contributed by atoms with Crippen molar-refractivity contribution in [1.29, 1.82) is 0 Å². The topological polar surface area (TPSA) is 6.48 Å². The summed E-state index contributed by atoms with van der Waals surface area (Å²) in [5, 5.41) is 2.31. The van der Waals surface area contributed by atoms with E-state index in [9.17, 15) is 0 Å². The zero-order valence-corrected chi connectivity index (χ0v) is 12.1. The Hall–Kier alpha value is 0.350. The van der Waals surface area contributed by atoms with Crippen LogP contribution in [-0.2, 0) is 13.0 Å². The van der Waals surface area contributed by atoms with Gasteiger partial charge in [-0.2, -0.15) is 0 Å². The Balaban J connectivity index is 1.86. The van der Waals surface area contributed by atoms with E-state index in [1.54, 1.807) is 0 Å². The Bertz CT molecular complexity index is 305. The lowest BCUT2D eigenvalue weighted by molar-refractivity contribution is 0.198. The largest absolute Gasteiger partial charge is 0.296 e. The van der Waals surface area contributed by atoms with E-state index < -0.39 is 0 Å². The van der Waals surface area contributed by atoms with Gasteiger partial charge in [-0.3, -0.25) is 4.90 Å². The summed E-state index contributed by atoms with van der Waals surface area (Å²) < 4.78 is 2.37. The summed E-state index contributed by atoms with van der Waals surface area (Å²) in [4.78, 5) is 4.06. The van der Waals surface area contributed by atoms with Gasteiger partial charge in [-0.25, -0.2) is 3.11 Å². The van der Waals surface area contributed by atoms with Crippen molar-refractivity contribution in [2.45, 2.75) is 19.9 Å². The number of hydrogen-bond donors (Lipinski definition) is 0. The molecule has 1 fully saturated rings. The molecule has 4 heteroatoms. The first-order valence-electron chi connectivity index (χ1n) is 5.47. The van der Waals surface area contributed by atoms with E-state index in [1.807, 2.05) is 11.3 Å². The summed E-state index contributed by atoms with van der Waals surface area (Å²) in [5.74, 6) is 0. The summed E-state index contributed by atoms with van der Waals surface area (Å²) in [6, 6.07) is 2.36. The van der Waals surface area contributed by atoms with Gasteiger partial charge in [-0.15, -0.1) is 11.3 Å². The van der Waals surface area contributed by atoms with Gasteiger partial charge in [0.15, 0.2) is 0 Å². The lowest BCUT2D eigenvalue weighted by atomic mass is 10.2. The molecule has 2 heterocycles. The number of nitrogens with zero attached hydrogens (tertiary/aromatic N) is 2. The highest BCUT2D eigenvalue weighted by Gasteiger charge is 2.15. The molecular formula is C11H17IN2S. The fourth-order valence-electron chi connectivity index (χ4n) is 1.83. The number of piperazine rings is 1. The highest BCUT2D eigenvalue weighted by molar-refractivity contribution is 14.1. The average molecular weight is 336 g/mol. The van der Waals surface area contributed by atoms with Crippen molar-refractivity contribution < 1.29 is 0 Å². The number of aryl methyl sites for hydroxylation is 1. The quantitative estimate of drug-likeness (QED) is 0.619. The van der Waals surface area contributed by atoms with E-state index in [4.69, 9.17) is 0 Å². The van der Waals surface area contributed by atoms with Crippen LogP contribution in [0.3, 0.4) is 0 Å². The normalized spacial score (nSPS) is 19.6. The molecule has 0 amide bonds. The third-order valence-electron chi connectivity index (χ3n) is 2.78. The van der Waals surface area contributed by atoms with Crippen LogP contribution in [-0.4, -0.2) is 34.2 Å². The number of halogens is 1. The molecule has 0 unspecified atom stereocenters. The lowest BCUT2D eigenvalue weighted by Crippen LogP contribution is -2.41. The average Bonchev–Trinajstić information content (AvgIpc) is 2.69. The molecule has 1 aliphatic heterocycles. The van der Waals surface area contributed by atoms with Gasteiger partial charge >= 0.3 is 0 Å². The van der Waals surface area contributed by atoms with Crippen molar-refractivity contribution in [2.24, 2.45) is 0 Å². The fourth-order valence-corrected chi connectivity index (χ4v) is 3.10. The predicted octanol–water partition coefficient (Wildman–Crippen LogP) is 2.78. The molecule has 15 heavy (non-hydrogen) atoms. The smallest absolute Gasteiger partial charge is 0.0243 e. The van der Waals surface area contributed by atoms with Gasteiger partial charge < -0.3 is 0 Å². The molecule has 0 saturated carbocycles. The van der Waals surface area contributed by atoms with E-state index in [-0.39, 0.29) is 0 Å². The van der Waals surface area contributed by atoms with Crippen molar-refractivity contribution in [3.05, 3.63) is 21.9 Å². The Morgan fingerprint density at radius 2 is 2.07 bits per heavy atom. The van der Waals surface area contributed by atoms with Crippen LogP contribution in [0.4, 0.5) is 0 Å². The van der Waals surface area contributed by atoms with Gasteiger partial charge in [0.1, 0.15) is 0 Å². The van der Waals surface area contributed by atoms with Crippen LogP contribution in [0.1, 0.15) is 17.4 Å². The van der Waals surface area contributed by atoms with Gasteiger partial charge in [0, 0.05) is 60.5 Å². The molecule has 1 saturated heterocycles. The predicted molar refractivity (Wildman–Crippen MR) is 74.6 cm³/mol. The zero-order chi connectivity index (χ0) is 10.7. The van der Waals surface area contributed by atoms with Crippen molar-refractivity contribution in [3.63, 3.8) is 0 Å². The third-order valence-corrected chi connectivity index (χ3v) is 4.88. The molecule has 0 aromatic carbocycles. The molecule has 84 valence electrons. The van der Waals surface area contributed by atoms with E-state index in [1.165, 1.54) is 43.0 Å². The van der Waals surface area contributed by atoms with E-state index in [0.29, 0.717) is 0 Å². The molecular weight excluding hydrogens is 319 g/mol. The van der Waals surface area contributed by atoms with Gasteiger partial charge in [0.2, 0.25) is 0 Å². The Morgan fingerprint density at radius 1 is 1.33 bits per heavy atom. The van der Waals surface area contributed by atoms with Gasteiger partial charge in [0.25, 0.3) is 0 Å². The maximum absolute atomic E-state index is 2.55. The van der Waals surface area contributed by atoms with Gasteiger partial charge in [0.05, 0.1) is 0 Å². The lowest BCUT2D eigenvalue weighted by Gasteiger charge is -2.30. The maximum Gasteiger partial charge on any atom is 0.0243 e. The maximum atomic E-state index is 2.55. The molecule has 1 aliphatic rings. The van der Waals surface area contributed by atoms with Crippen molar-refractivity contribution in [3.8, 4) is 0 Å². The summed E-state index contributed by atoms with van der Waals surface area (Å²) in [5.41, 5.74) is 1.50. The third kappa shape index (κ3) is 3.41. The van der Waals surface area contributed by atoms with Crippen molar-refractivity contribution >= 4 is 34.2 Å². The SMILES string of the molecule is CCc1cc(CN2CCN(I)CC2)cs1. The standard InChI is InChI=1S/C11H17IN2S/c1-2-11-7-10(9-15-11)8-13-3-5-14(12)6-4-13/h7,9H,2-6,8H2,1H3. The second kappa shape index (κ2) is 5.61. The second-order valence-electron chi connectivity index (χ2n) is 3.96. The Morgan fingerprint density at radius 3 is 2.67 bits per heavy atom. The minimum atomic E-state index is 1.14. The number of rotatable bonds is 3. The van der Waals surface area contributed by atoms with Gasteiger partial charge in [-0.1, -0.05) is 6.92 Å². The van der Waals surface area contributed by atoms with Crippen LogP contribution in [0.5, 0.6) is 0 Å². The molecule has 0 aliphatic carbocycles. The minimum absolute atomic E-state index is 1.14. The van der Waals surface area contributed by atoms with Crippen molar-refractivity contribution in [1.82, 2.24) is 8.01 Å². The molecule has 2 nitrogen and oxygen atoms in total. The summed E-state index contributed by atoms with van der Waals surface area (Å²) in [6.45, 7) is 8.18. The highest BCUT2D eigenvalue weighted by atomic mass is 127. The van der Waals surface area contributed by atoms with E-state index in [0.717, 1.165) is 6.54 Å². The molecule has 0 atom stereocenters. The number of thiophene rings is 1. The number of hydrogen-bond acceptors (Lipinski definition) is 3. The van der Waals surface area contributed by atoms with E-state index >= 15 is 0 Å².